The molecule has 3 heterocycles. The third-order valence-corrected chi connectivity index (χ3v) is 3.20. The second-order valence-corrected chi connectivity index (χ2v) is 4.10. The number of carbonyl (C=O) groups is 2. The Kier molecular flexibility index (Phi) is 1.77. The highest BCUT2D eigenvalue weighted by Gasteiger charge is 2.53. The number of amides is 2. The van der Waals surface area contributed by atoms with Crippen LogP contribution in [0.2, 0.25) is 0 Å². The molecule has 5 heteroatoms. The average molecular weight is 217 g/mol. The van der Waals surface area contributed by atoms with Crippen molar-refractivity contribution in [3.05, 3.63) is 30.1 Å². The van der Waals surface area contributed by atoms with E-state index in [0.717, 1.165) is 5.69 Å². The number of carbonyl (C=O) groups excluding carboxylic acids is 2. The van der Waals surface area contributed by atoms with Gasteiger partial charge in [-0.2, -0.15) is 0 Å². The molecule has 82 valence electrons. The van der Waals surface area contributed by atoms with Gasteiger partial charge in [-0.3, -0.25) is 14.6 Å². The van der Waals surface area contributed by atoms with Crippen molar-refractivity contribution in [3.8, 4) is 0 Å². The first-order valence-corrected chi connectivity index (χ1v) is 5.25. The fourth-order valence-corrected chi connectivity index (χ4v) is 2.48. The highest BCUT2D eigenvalue weighted by molar-refractivity contribution is 5.91. The first-order chi connectivity index (χ1) is 7.72. The van der Waals surface area contributed by atoms with Crippen molar-refractivity contribution in [3.63, 3.8) is 0 Å². The number of fused-ring (bicyclic) bond motifs is 1. The molecule has 0 radical (unpaired) electrons. The van der Waals surface area contributed by atoms with Gasteiger partial charge in [0.25, 0.3) is 0 Å². The number of aromatic nitrogens is 1. The number of hydrogen-bond acceptors (Lipinski definition) is 3. The number of nitrogens with one attached hydrogen (secondary N) is 1. The summed E-state index contributed by atoms with van der Waals surface area (Å²) in [5, 5.41) is 2.88. The normalized spacial score (nSPS) is 28.1. The molecule has 3 rings (SSSR count). The number of pyridine rings is 1. The zero-order chi connectivity index (χ0) is 11.2. The maximum absolute atomic E-state index is 11.7. The van der Waals surface area contributed by atoms with Crippen LogP contribution < -0.4 is 5.32 Å². The van der Waals surface area contributed by atoms with Gasteiger partial charge in [0.15, 0.2) is 5.66 Å². The Labute approximate surface area is 92.5 Å². The molecule has 1 aromatic rings. The fourth-order valence-electron chi connectivity index (χ4n) is 2.48. The van der Waals surface area contributed by atoms with Crippen molar-refractivity contribution in [2.24, 2.45) is 0 Å². The maximum Gasteiger partial charge on any atom is 0.241 e. The van der Waals surface area contributed by atoms with Crippen LogP contribution in [0.5, 0.6) is 0 Å². The number of nitrogens with zero attached hydrogens (tertiary/aromatic N) is 2. The van der Waals surface area contributed by atoms with E-state index in [9.17, 15) is 9.59 Å². The molecule has 2 fully saturated rings. The third kappa shape index (κ3) is 1.08. The number of hydrogen-bond donors (Lipinski definition) is 1. The second kappa shape index (κ2) is 3.04. The van der Waals surface area contributed by atoms with Gasteiger partial charge < -0.3 is 10.2 Å². The Bertz CT molecular complexity index is 460. The molecule has 0 saturated carbocycles. The van der Waals surface area contributed by atoms with Gasteiger partial charge in [-0.25, -0.2) is 0 Å². The van der Waals surface area contributed by atoms with Crippen molar-refractivity contribution in [1.29, 1.82) is 0 Å². The van der Waals surface area contributed by atoms with Crippen molar-refractivity contribution < 1.29 is 9.59 Å². The lowest BCUT2D eigenvalue weighted by molar-refractivity contribution is -0.131. The van der Waals surface area contributed by atoms with Gasteiger partial charge in [-0.05, 0) is 12.1 Å². The van der Waals surface area contributed by atoms with Gasteiger partial charge in [0, 0.05) is 19.0 Å². The Hall–Kier alpha value is -1.91. The van der Waals surface area contributed by atoms with Gasteiger partial charge in [0.1, 0.15) is 6.54 Å². The minimum atomic E-state index is -0.685. The zero-order valence-electron chi connectivity index (χ0n) is 8.64. The van der Waals surface area contributed by atoms with Crippen LogP contribution in [-0.2, 0) is 15.3 Å². The molecular weight excluding hydrogens is 206 g/mol. The van der Waals surface area contributed by atoms with Gasteiger partial charge in [0.2, 0.25) is 11.8 Å². The molecule has 1 unspecified atom stereocenters. The summed E-state index contributed by atoms with van der Waals surface area (Å²) in [6, 6.07) is 5.53. The van der Waals surface area contributed by atoms with E-state index in [4.69, 9.17) is 0 Å². The molecule has 2 amide bonds. The van der Waals surface area contributed by atoms with E-state index in [1.165, 1.54) is 0 Å². The second-order valence-electron chi connectivity index (χ2n) is 4.10. The highest BCUT2D eigenvalue weighted by atomic mass is 16.2. The molecule has 0 bridgehead atoms. The van der Waals surface area contributed by atoms with Crippen molar-refractivity contribution >= 4 is 11.8 Å². The molecule has 16 heavy (non-hydrogen) atoms. The van der Waals surface area contributed by atoms with Gasteiger partial charge >= 0.3 is 0 Å². The molecule has 1 N–H and O–H groups in total. The van der Waals surface area contributed by atoms with Crippen LogP contribution in [0.1, 0.15) is 18.5 Å². The standard InChI is InChI=1S/C11H11N3O2/c15-9-7-14-10(16)4-5-11(14,13-9)8-3-1-2-6-12-8/h1-3,6H,4-5,7H2,(H,13,15). The van der Waals surface area contributed by atoms with Crippen LogP contribution in [0, 0.1) is 0 Å². The molecule has 0 spiro atoms. The van der Waals surface area contributed by atoms with Crippen molar-refractivity contribution in [2.75, 3.05) is 6.54 Å². The molecule has 0 aliphatic carbocycles. The quantitative estimate of drug-likeness (QED) is 0.719. The highest BCUT2D eigenvalue weighted by Crippen LogP contribution is 2.38. The summed E-state index contributed by atoms with van der Waals surface area (Å²) in [5.41, 5.74) is 0.0572. The predicted molar refractivity (Wildman–Crippen MR) is 55.0 cm³/mol. The Morgan fingerprint density at radius 2 is 2.25 bits per heavy atom. The van der Waals surface area contributed by atoms with Gasteiger partial charge in [0.05, 0.1) is 5.69 Å². The minimum absolute atomic E-state index is 0.0176. The number of rotatable bonds is 1. The first-order valence-electron chi connectivity index (χ1n) is 5.25. The molecule has 1 atom stereocenters. The lowest BCUT2D eigenvalue weighted by Crippen LogP contribution is -2.46. The summed E-state index contributed by atoms with van der Waals surface area (Å²) in [6.07, 6.45) is 2.75. The summed E-state index contributed by atoms with van der Waals surface area (Å²) >= 11 is 0. The lowest BCUT2D eigenvalue weighted by Gasteiger charge is -2.30. The maximum atomic E-state index is 11.7. The fraction of sp³-hybridized carbons (Fsp3) is 0.364. The summed E-state index contributed by atoms with van der Waals surface area (Å²) in [5.74, 6) is -0.0947. The van der Waals surface area contributed by atoms with Crippen molar-refractivity contribution in [2.45, 2.75) is 18.5 Å². The van der Waals surface area contributed by atoms with Crippen LogP contribution in [-0.4, -0.2) is 28.2 Å². The smallest absolute Gasteiger partial charge is 0.241 e. The van der Waals surface area contributed by atoms with E-state index < -0.39 is 5.66 Å². The van der Waals surface area contributed by atoms with Crippen LogP contribution >= 0.6 is 0 Å². The Morgan fingerprint density at radius 3 is 3.00 bits per heavy atom. The molecule has 5 nitrogen and oxygen atoms in total. The van der Waals surface area contributed by atoms with E-state index in [2.05, 4.69) is 10.3 Å². The lowest BCUT2D eigenvalue weighted by atomic mass is 10.0. The van der Waals surface area contributed by atoms with E-state index in [1.54, 1.807) is 11.1 Å². The topological polar surface area (TPSA) is 62.3 Å². The molecule has 2 aliphatic heterocycles. The largest absolute Gasteiger partial charge is 0.326 e. The van der Waals surface area contributed by atoms with E-state index in [0.29, 0.717) is 12.8 Å². The average Bonchev–Trinajstić information content (AvgIpc) is 2.79. The summed E-state index contributed by atoms with van der Waals surface area (Å²) in [7, 11) is 0. The van der Waals surface area contributed by atoms with Crippen LogP contribution in [0.25, 0.3) is 0 Å². The molecular formula is C11H11N3O2. The van der Waals surface area contributed by atoms with Crippen LogP contribution in [0.15, 0.2) is 24.4 Å². The Balaban J connectivity index is 2.09. The predicted octanol–water partition coefficient (Wildman–Crippen LogP) is -0.0134. The molecule has 0 aromatic carbocycles. The van der Waals surface area contributed by atoms with E-state index in [1.807, 2.05) is 18.2 Å². The van der Waals surface area contributed by atoms with Crippen LogP contribution in [0.3, 0.4) is 0 Å². The minimum Gasteiger partial charge on any atom is -0.326 e. The summed E-state index contributed by atoms with van der Waals surface area (Å²) in [4.78, 5) is 29.0. The zero-order valence-corrected chi connectivity index (χ0v) is 8.64. The molecule has 2 saturated heterocycles. The van der Waals surface area contributed by atoms with Crippen LogP contribution in [0.4, 0.5) is 0 Å². The summed E-state index contributed by atoms with van der Waals surface area (Å²) in [6.45, 7) is 0.148. The Morgan fingerprint density at radius 1 is 1.38 bits per heavy atom. The van der Waals surface area contributed by atoms with E-state index in [-0.39, 0.29) is 18.4 Å². The first kappa shape index (κ1) is 9.33. The SMILES string of the molecule is O=C1CN2C(=O)CCC2(c2ccccn2)N1. The molecule has 1 aromatic heterocycles. The third-order valence-electron chi connectivity index (χ3n) is 3.20. The summed E-state index contributed by atoms with van der Waals surface area (Å²) < 4.78 is 0. The van der Waals surface area contributed by atoms with E-state index >= 15 is 0 Å². The molecule has 2 aliphatic rings. The van der Waals surface area contributed by atoms with Gasteiger partial charge in [-0.1, -0.05) is 6.07 Å². The van der Waals surface area contributed by atoms with Crippen molar-refractivity contribution in [1.82, 2.24) is 15.2 Å². The monoisotopic (exact) mass is 217 g/mol. The van der Waals surface area contributed by atoms with Gasteiger partial charge in [-0.15, -0.1) is 0 Å².